The maximum Gasteiger partial charge on any atom is 0.244 e. The Balaban J connectivity index is 2.12. The van der Waals surface area contributed by atoms with Gasteiger partial charge >= 0.3 is 0 Å². The Morgan fingerprint density at radius 1 is 0.951 bits per heavy atom. The quantitative estimate of drug-likeness (QED) is 0.313. The van der Waals surface area contributed by atoms with Gasteiger partial charge < -0.3 is 19.7 Å². The molecule has 0 aromatic heterocycles. The summed E-state index contributed by atoms with van der Waals surface area (Å²) in [4.78, 5) is 29.2. The molecule has 3 aromatic rings. The van der Waals surface area contributed by atoms with Crippen LogP contribution in [-0.4, -0.2) is 64.2 Å². The molecule has 11 heteroatoms. The highest BCUT2D eigenvalue weighted by molar-refractivity contribution is 7.92. The van der Waals surface area contributed by atoms with Gasteiger partial charge in [-0.1, -0.05) is 60.1 Å². The van der Waals surface area contributed by atoms with Gasteiger partial charge in [-0.05, 0) is 43.2 Å². The van der Waals surface area contributed by atoms with Gasteiger partial charge in [0.1, 0.15) is 24.1 Å². The molecule has 0 bridgehead atoms. The molecule has 41 heavy (non-hydrogen) atoms. The largest absolute Gasteiger partial charge is 0.497 e. The lowest BCUT2D eigenvalue weighted by molar-refractivity contribution is -0.140. The van der Waals surface area contributed by atoms with Crippen LogP contribution in [0.2, 0.25) is 5.02 Å². The number of rotatable bonds is 13. The SMILES string of the molecule is COc1ccc(OC)c(N(CC(=O)N(Cc2ccccc2Cl)C(Cc2ccccc2)C(=O)NC(C)C)S(C)(=O)=O)c1. The predicted octanol–water partition coefficient (Wildman–Crippen LogP) is 4.29. The van der Waals surface area contributed by atoms with Gasteiger partial charge in [0.15, 0.2) is 0 Å². The lowest BCUT2D eigenvalue weighted by Gasteiger charge is -2.34. The van der Waals surface area contributed by atoms with Crippen LogP contribution >= 0.6 is 11.6 Å². The summed E-state index contributed by atoms with van der Waals surface area (Å²) in [6, 6.07) is 19.9. The van der Waals surface area contributed by atoms with Crippen molar-refractivity contribution in [1.82, 2.24) is 10.2 Å². The van der Waals surface area contributed by atoms with Crippen LogP contribution in [0.15, 0.2) is 72.8 Å². The molecule has 1 unspecified atom stereocenters. The minimum absolute atomic E-state index is 0.0195. The number of nitrogens with zero attached hydrogens (tertiary/aromatic N) is 2. The molecule has 0 heterocycles. The number of hydrogen-bond donors (Lipinski definition) is 1. The third kappa shape index (κ3) is 8.61. The molecule has 0 saturated carbocycles. The van der Waals surface area contributed by atoms with Crippen molar-refractivity contribution in [3.05, 3.63) is 88.9 Å². The first-order valence-corrected chi connectivity index (χ1v) is 15.2. The van der Waals surface area contributed by atoms with E-state index in [4.69, 9.17) is 21.1 Å². The summed E-state index contributed by atoms with van der Waals surface area (Å²) < 4.78 is 37.8. The number of nitrogens with one attached hydrogen (secondary N) is 1. The van der Waals surface area contributed by atoms with E-state index in [1.807, 2.05) is 44.2 Å². The molecule has 2 amide bonds. The number of ether oxygens (including phenoxy) is 2. The first-order valence-electron chi connectivity index (χ1n) is 13.0. The van der Waals surface area contributed by atoms with Crippen LogP contribution in [0.1, 0.15) is 25.0 Å². The third-order valence-electron chi connectivity index (χ3n) is 6.33. The number of carbonyl (C=O) groups is 2. The molecule has 0 saturated heterocycles. The van der Waals surface area contributed by atoms with Crippen LogP contribution in [0, 0.1) is 0 Å². The number of hydrogen-bond acceptors (Lipinski definition) is 6. The predicted molar refractivity (Wildman–Crippen MR) is 161 cm³/mol. The Morgan fingerprint density at radius 2 is 1.61 bits per heavy atom. The van der Waals surface area contributed by atoms with Gasteiger partial charge in [0.25, 0.3) is 0 Å². The van der Waals surface area contributed by atoms with Gasteiger partial charge in [0.2, 0.25) is 21.8 Å². The van der Waals surface area contributed by atoms with E-state index >= 15 is 0 Å². The van der Waals surface area contributed by atoms with Gasteiger partial charge in [0, 0.05) is 30.1 Å². The van der Waals surface area contributed by atoms with Crippen LogP contribution in [0.4, 0.5) is 5.69 Å². The zero-order chi connectivity index (χ0) is 30.2. The van der Waals surface area contributed by atoms with Crippen LogP contribution in [0.3, 0.4) is 0 Å². The summed E-state index contributed by atoms with van der Waals surface area (Å²) in [7, 11) is -1.13. The van der Waals surface area contributed by atoms with Crippen LogP contribution < -0.4 is 19.1 Å². The van der Waals surface area contributed by atoms with Crippen LogP contribution in [0.5, 0.6) is 11.5 Å². The van der Waals surface area contributed by atoms with Crippen molar-refractivity contribution in [2.45, 2.75) is 38.9 Å². The first-order chi connectivity index (χ1) is 19.4. The minimum atomic E-state index is -3.99. The number of amides is 2. The molecule has 0 aliphatic rings. The molecule has 0 fully saturated rings. The normalized spacial score (nSPS) is 12.0. The van der Waals surface area contributed by atoms with E-state index in [1.54, 1.807) is 36.4 Å². The van der Waals surface area contributed by atoms with E-state index in [2.05, 4.69) is 5.32 Å². The zero-order valence-electron chi connectivity index (χ0n) is 23.8. The van der Waals surface area contributed by atoms with Crippen molar-refractivity contribution >= 4 is 39.1 Å². The topological polar surface area (TPSA) is 105 Å². The second-order valence-electron chi connectivity index (χ2n) is 9.79. The fraction of sp³-hybridized carbons (Fsp3) is 0.333. The molecule has 1 atom stereocenters. The summed E-state index contributed by atoms with van der Waals surface area (Å²) in [5.41, 5.74) is 1.58. The average Bonchev–Trinajstić information content (AvgIpc) is 2.93. The highest BCUT2D eigenvalue weighted by Crippen LogP contribution is 2.34. The number of anilines is 1. The number of carbonyl (C=O) groups excluding carboxylic acids is 2. The number of methoxy groups -OCH3 is 2. The first kappa shape index (κ1) is 31.8. The molecule has 0 aliphatic carbocycles. The molecule has 0 radical (unpaired) electrons. The smallest absolute Gasteiger partial charge is 0.244 e. The standard InChI is InChI=1S/C30H36ClN3O6S/c1-21(2)32-30(36)27(17-22-11-7-6-8-12-22)33(19-23-13-9-10-14-25(23)31)29(35)20-34(41(5,37)38)26-18-24(39-3)15-16-28(26)40-4/h6-16,18,21,27H,17,19-20H2,1-5H3,(H,32,36). The van der Waals surface area contributed by atoms with E-state index in [0.29, 0.717) is 16.3 Å². The van der Waals surface area contributed by atoms with Crippen LogP contribution in [-0.2, 0) is 32.6 Å². The highest BCUT2D eigenvalue weighted by Gasteiger charge is 2.34. The Labute approximate surface area is 247 Å². The zero-order valence-corrected chi connectivity index (χ0v) is 25.4. The number of sulfonamides is 1. The van der Waals surface area contributed by atoms with Gasteiger partial charge in [0.05, 0.1) is 26.2 Å². The fourth-order valence-electron chi connectivity index (χ4n) is 4.33. The van der Waals surface area contributed by atoms with Gasteiger partial charge in [-0.15, -0.1) is 0 Å². The van der Waals surface area contributed by atoms with Crippen molar-refractivity contribution in [3.8, 4) is 11.5 Å². The highest BCUT2D eigenvalue weighted by atomic mass is 35.5. The number of benzene rings is 3. The molecule has 0 spiro atoms. The van der Waals surface area contributed by atoms with Crippen molar-refractivity contribution < 1.29 is 27.5 Å². The molecular weight excluding hydrogens is 566 g/mol. The Kier molecular flexibility index (Phi) is 11.0. The van der Waals surface area contributed by atoms with Gasteiger partial charge in [-0.2, -0.15) is 0 Å². The van der Waals surface area contributed by atoms with Crippen molar-refractivity contribution in [2.75, 3.05) is 31.3 Å². The molecule has 3 aromatic carbocycles. The van der Waals surface area contributed by atoms with E-state index in [0.717, 1.165) is 16.1 Å². The summed E-state index contributed by atoms with van der Waals surface area (Å²) in [5, 5.41) is 3.33. The van der Waals surface area contributed by atoms with Crippen molar-refractivity contribution in [1.29, 1.82) is 0 Å². The molecule has 3 rings (SSSR count). The monoisotopic (exact) mass is 601 g/mol. The lowest BCUT2D eigenvalue weighted by Crippen LogP contribution is -2.54. The maximum absolute atomic E-state index is 14.2. The fourth-order valence-corrected chi connectivity index (χ4v) is 5.37. The molecular formula is C30H36ClN3O6S. The van der Waals surface area contributed by atoms with Gasteiger partial charge in [-0.3, -0.25) is 13.9 Å². The average molecular weight is 602 g/mol. The summed E-state index contributed by atoms with van der Waals surface area (Å²) in [5.74, 6) is -0.345. The summed E-state index contributed by atoms with van der Waals surface area (Å²) in [6.07, 6.45) is 1.21. The lowest BCUT2D eigenvalue weighted by atomic mass is 10.0. The van der Waals surface area contributed by atoms with E-state index < -0.39 is 28.5 Å². The number of halogens is 1. The molecule has 0 aliphatic heterocycles. The summed E-state index contributed by atoms with van der Waals surface area (Å²) in [6.45, 7) is 3.05. The molecule has 220 valence electrons. The second kappa shape index (κ2) is 14.2. The molecule has 1 N–H and O–H groups in total. The van der Waals surface area contributed by atoms with Crippen molar-refractivity contribution in [2.24, 2.45) is 0 Å². The van der Waals surface area contributed by atoms with Crippen molar-refractivity contribution in [3.63, 3.8) is 0 Å². The van der Waals surface area contributed by atoms with E-state index in [-0.39, 0.29) is 36.4 Å². The maximum atomic E-state index is 14.2. The molecule has 9 nitrogen and oxygen atoms in total. The Morgan fingerprint density at radius 3 is 2.20 bits per heavy atom. The van der Waals surface area contributed by atoms with E-state index in [9.17, 15) is 18.0 Å². The summed E-state index contributed by atoms with van der Waals surface area (Å²) >= 11 is 6.47. The Bertz CT molecular complexity index is 1450. The van der Waals surface area contributed by atoms with Gasteiger partial charge in [-0.25, -0.2) is 8.42 Å². The Hall–Kier alpha value is -3.76. The van der Waals surface area contributed by atoms with Crippen LogP contribution in [0.25, 0.3) is 0 Å². The minimum Gasteiger partial charge on any atom is -0.497 e. The second-order valence-corrected chi connectivity index (χ2v) is 12.1. The third-order valence-corrected chi connectivity index (χ3v) is 7.83. The van der Waals surface area contributed by atoms with E-state index in [1.165, 1.54) is 25.2 Å².